The lowest BCUT2D eigenvalue weighted by atomic mass is 10.00. The zero-order valence-corrected chi connectivity index (χ0v) is 44.4. The summed E-state index contributed by atoms with van der Waals surface area (Å²) < 4.78 is 45.9. The van der Waals surface area contributed by atoms with Crippen molar-refractivity contribution in [3.8, 4) is 45.3 Å². The molecule has 13 heteroatoms. The average Bonchev–Trinajstić information content (AvgIpc) is 3.83. The van der Waals surface area contributed by atoms with Gasteiger partial charge in [-0.15, -0.1) is 0 Å². The van der Waals surface area contributed by atoms with Gasteiger partial charge in [0.15, 0.2) is 0 Å². The molecular formula is C65H70N2O11. The maximum atomic E-state index is 11.7. The van der Waals surface area contributed by atoms with Gasteiger partial charge in [0.25, 0.3) is 0 Å². The fourth-order valence-electron chi connectivity index (χ4n) is 8.75. The minimum Gasteiger partial charge on any atom is -0.494 e. The number of unbranched alkanes of at least 4 members (excludes halogenated alkanes) is 6. The van der Waals surface area contributed by atoms with Gasteiger partial charge in [0.05, 0.1) is 58.4 Å². The molecule has 0 amide bonds. The molecule has 0 N–H and O–H groups in total. The van der Waals surface area contributed by atoms with Gasteiger partial charge in [-0.3, -0.25) is 5.01 Å². The predicted octanol–water partition coefficient (Wildman–Crippen LogP) is 13.0. The van der Waals surface area contributed by atoms with Crippen LogP contribution in [0.4, 0.5) is 0 Å². The SMILES string of the molecule is C=CC(=O)OCCCCCCOc1ccc(COc2ccc(-c3ccc(OCc4ccc(OCCCCCCOC(=O)C=C)cc4)cc3/C=N/N(CCOCCOC(=O)C=C)C3c4ccccc4-c4ccccc43)cc2)cc1. The van der Waals surface area contributed by atoms with E-state index in [0.29, 0.717) is 58.5 Å². The third-order valence-electron chi connectivity index (χ3n) is 12.8. The van der Waals surface area contributed by atoms with Crippen molar-refractivity contribution < 1.29 is 52.3 Å². The molecule has 0 atom stereocenters. The van der Waals surface area contributed by atoms with E-state index >= 15 is 0 Å². The Morgan fingerprint density at radius 2 is 0.897 bits per heavy atom. The number of fused-ring (bicyclic) bond motifs is 3. The van der Waals surface area contributed by atoms with Crippen molar-refractivity contribution in [3.63, 3.8) is 0 Å². The molecule has 406 valence electrons. The number of nitrogens with zero attached hydrogens (tertiary/aromatic N) is 2. The zero-order chi connectivity index (χ0) is 54.6. The van der Waals surface area contributed by atoms with Crippen molar-refractivity contribution in [2.45, 2.75) is 70.6 Å². The van der Waals surface area contributed by atoms with Gasteiger partial charge in [-0.05, 0) is 144 Å². The summed E-state index contributed by atoms with van der Waals surface area (Å²) in [5.74, 6) is 1.74. The molecule has 0 fully saturated rings. The highest BCUT2D eigenvalue weighted by molar-refractivity contribution is 5.91. The second kappa shape index (κ2) is 31.6. The van der Waals surface area contributed by atoms with Crippen molar-refractivity contribution in [1.29, 1.82) is 0 Å². The van der Waals surface area contributed by atoms with Crippen LogP contribution in [0.5, 0.6) is 23.0 Å². The van der Waals surface area contributed by atoms with E-state index in [1.54, 1.807) is 0 Å². The summed E-state index contributed by atoms with van der Waals surface area (Å²) in [5, 5.41) is 7.33. The molecule has 0 saturated heterocycles. The molecule has 0 aliphatic heterocycles. The second-order valence-corrected chi connectivity index (χ2v) is 18.4. The number of ether oxygens (including phenoxy) is 8. The molecule has 1 aliphatic carbocycles. The largest absolute Gasteiger partial charge is 0.494 e. The van der Waals surface area contributed by atoms with Crippen LogP contribution in [0.3, 0.4) is 0 Å². The summed E-state index contributed by atoms with van der Waals surface area (Å²) in [7, 11) is 0. The van der Waals surface area contributed by atoms with Gasteiger partial charge in [-0.25, -0.2) is 14.4 Å². The van der Waals surface area contributed by atoms with Crippen molar-refractivity contribution in [1.82, 2.24) is 5.01 Å². The summed E-state index contributed by atoms with van der Waals surface area (Å²) in [6.07, 6.45) is 12.7. The van der Waals surface area contributed by atoms with Crippen LogP contribution in [0.15, 0.2) is 183 Å². The Morgan fingerprint density at radius 3 is 1.42 bits per heavy atom. The quantitative estimate of drug-likeness (QED) is 0.00934. The monoisotopic (exact) mass is 1050 g/mol. The van der Waals surface area contributed by atoms with Gasteiger partial charge in [0, 0.05) is 23.8 Å². The Morgan fingerprint density at radius 1 is 0.449 bits per heavy atom. The number of carbonyl (C=O) groups excluding carboxylic acids is 3. The predicted molar refractivity (Wildman–Crippen MR) is 304 cm³/mol. The first-order chi connectivity index (χ1) is 38.3. The zero-order valence-electron chi connectivity index (χ0n) is 44.4. The second-order valence-electron chi connectivity index (χ2n) is 18.4. The van der Waals surface area contributed by atoms with E-state index in [9.17, 15) is 14.4 Å². The van der Waals surface area contributed by atoms with Crippen LogP contribution < -0.4 is 18.9 Å². The van der Waals surface area contributed by atoms with Crippen molar-refractivity contribution in [3.05, 3.63) is 205 Å². The molecule has 0 aromatic heterocycles. The first kappa shape index (κ1) is 57.3. The average molecular weight is 1060 g/mol. The van der Waals surface area contributed by atoms with E-state index in [-0.39, 0.29) is 31.2 Å². The summed E-state index contributed by atoms with van der Waals surface area (Å²) >= 11 is 0. The highest BCUT2D eigenvalue weighted by Gasteiger charge is 2.32. The summed E-state index contributed by atoms with van der Waals surface area (Å²) in [5.41, 5.74) is 9.40. The molecule has 0 spiro atoms. The number of hydrogen-bond donors (Lipinski definition) is 0. The molecule has 6 aromatic carbocycles. The minimum atomic E-state index is -0.491. The van der Waals surface area contributed by atoms with Crippen molar-refractivity contribution in [2.75, 3.05) is 52.8 Å². The van der Waals surface area contributed by atoms with Crippen LogP contribution in [-0.2, 0) is 46.5 Å². The standard InChI is InChI=1S/C65H70N2O11/c1-4-62(68)74-40-17-9-7-15-38-72-53-29-23-49(24-30-53)47-77-55-33-27-51(28-34-55)57-36-35-56(78-48-50-25-31-54(32-26-50)73-39-16-8-10-18-41-75-63(69)5-2)45-52(57)46-66-67(37-42-71-43-44-76-64(70)6-3)65-60-21-13-11-19-58(60)59-20-12-14-22-61(59)65/h4-6,11-14,19-36,45-46,65H,1-3,7-10,15-18,37-44,47-48H2/b66-46+. The molecule has 6 aromatic rings. The molecule has 78 heavy (non-hydrogen) atoms. The number of esters is 3. The number of rotatable bonds is 35. The lowest BCUT2D eigenvalue weighted by Crippen LogP contribution is -2.28. The minimum absolute atomic E-state index is 0.118. The van der Waals surface area contributed by atoms with Crippen LogP contribution in [0.1, 0.15) is 85.2 Å². The van der Waals surface area contributed by atoms with Crippen molar-refractivity contribution >= 4 is 24.1 Å². The van der Waals surface area contributed by atoms with Gasteiger partial charge >= 0.3 is 17.9 Å². The topological polar surface area (TPSA) is 141 Å². The fraction of sp³-hybridized carbons (Fsp3) is 0.292. The highest BCUT2D eigenvalue weighted by Crippen LogP contribution is 2.46. The summed E-state index contributed by atoms with van der Waals surface area (Å²) in [6, 6.07) is 46.7. The maximum Gasteiger partial charge on any atom is 0.330 e. The smallest absolute Gasteiger partial charge is 0.330 e. The lowest BCUT2D eigenvalue weighted by molar-refractivity contribution is -0.139. The Hall–Kier alpha value is -8.42. The third kappa shape index (κ3) is 18.1. The van der Waals surface area contributed by atoms with E-state index in [1.807, 2.05) is 79.0 Å². The van der Waals surface area contributed by atoms with Crippen molar-refractivity contribution in [2.24, 2.45) is 5.10 Å². The van der Waals surface area contributed by atoms with E-state index in [2.05, 4.69) is 91.5 Å². The van der Waals surface area contributed by atoms with Crippen LogP contribution in [0.25, 0.3) is 22.3 Å². The van der Waals surface area contributed by atoms with E-state index in [0.717, 1.165) is 114 Å². The van der Waals surface area contributed by atoms with Gasteiger partial charge in [0.1, 0.15) is 42.8 Å². The van der Waals surface area contributed by atoms with Crippen LogP contribution in [0, 0.1) is 0 Å². The molecule has 0 radical (unpaired) electrons. The Labute approximate surface area is 458 Å². The summed E-state index contributed by atoms with van der Waals surface area (Å²) in [6.45, 7) is 14.2. The normalized spacial score (nSPS) is 11.5. The van der Waals surface area contributed by atoms with Crippen LogP contribution in [0.2, 0.25) is 0 Å². The molecular weight excluding hydrogens is 985 g/mol. The van der Waals surface area contributed by atoms with Gasteiger partial charge < -0.3 is 37.9 Å². The van der Waals surface area contributed by atoms with Crippen LogP contribution in [-0.4, -0.2) is 81.9 Å². The van der Waals surface area contributed by atoms with E-state index in [4.69, 9.17) is 43.0 Å². The lowest BCUT2D eigenvalue weighted by Gasteiger charge is -2.28. The molecule has 7 rings (SSSR count). The van der Waals surface area contributed by atoms with Crippen LogP contribution >= 0.6 is 0 Å². The molecule has 13 nitrogen and oxygen atoms in total. The van der Waals surface area contributed by atoms with E-state index < -0.39 is 5.97 Å². The van der Waals surface area contributed by atoms with Gasteiger partial charge in [-0.2, -0.15) is 5.10 Å². The number of benzene rings is 6. The Bertz CT molecular complexity index is 2850. The molecule has 1 aliphatic rings. The first-order valence-corrected chi connectivity index (χ1v) is 26.7. The van der Waals surface area contributed by atoms with Gasteiger partial charge in [0.2, 0.25) is 0 Å². The first-order valence-electron chi connectivity index (χ1n) is 26.7. The molecule has 0 bridgehead atoms. The highest BCUT2D eigenvalue weighted by atomic mass is 16.6. The number of hydrazone groups is 1. The number of hydrogen-bond acceptors (Lipinski definition) is 13. The Kier molecular flexibility index (Phi) is 23.2. The third-order valence-corrected chi connectivity index (χ3v) is 12.8. The fourth-order valence-corrected chi connectivity index (χ4v) is 8.75. The summed E-state index contributed by atoms with van der Waals surface area (Å²) in [4.78, 5) is 34.1. The van der Waals surface area contributed by atoms with Gasteiger partial charge in [-0.1, -0.05) is 111 Å². The molecule has 0 heterocycles. The molecule has 0 unspecified atom stereocenters. The van der Waals surface area contributed by atoms with E-state index in [1.165, 1.54) is 23.3 Å². The Balaban J connectivity index is 1.03. The maximum absolute atomic E-state index is 11.7. The molecule has 0 saturated carbocycles. The number of carbonyl (C=O) groups is 3.